The topological polar surface area (TPSA) is 51.5 Å². The Hall–Kier alpha value is -2.23. The standard InChI is InChI=1S/C13H13NO3/c1-9-6-7-14(12(9)13(15)16)10-4-3-5-11(8-10)17-2/h3-8H,1-2H3,(H,15,16). The van der Waals surface area contributed by atoms with Crippen LogP contribution in [0.5, 0.6) is 5.75 Å². The van der Waals surface area contributed by atoms with Crippen molar-refractivity contribution in [1.82, 2.24) is 4.57 Å². The number of hydrogen-bond donors (Lipinski definition) is 1. The van der Waals surface area contributed by atoms with Gasteiger partial charge in [-0.2, -0.15) is 0 Å². The van der Waals surface area contributed by atoms with E-state index >= 15 is 0 Å². The van der Waals surface area contributed by atoms with Gasteiger partial charge < -0.3 is 14.4 Å². The van der Waals surface area contributed by atoms with Crippen LogP contribution in [-0.2, 0) is 0 Å². The van der Waals surface area contributed by atoms with Crippen molar-refractivity contribution in [2.45, 2.75) is 6.92 Å². The summed E-state index contributed by atoms with van der Waals surface area (Å²) in [7, 11) is 1.58. The van der Waals surface area contributed by atoms with Crippen molar-refractivity contribution < 1.29 is 14.6 Å². The number of aromatic nitrogens is 1. The molecule has 0 aliphatic heterocycles. The number of methoxy groups -OCH3 is 1. The van der Waals surface area contributed by atoms with E-state index in [0.29, 0.717) is 5.75 Å². The Morgan fingerprint density at radius 3 is 2.76 bits per heavy atom. The summed E-state index contributed by atoms with van der Waals surface area (Å²) in [6, 6.07) is 9.07. The fraction of sp³-hybridized carbons (Fsp3) is 0.154. The van der Waals surface area contributed by atoms with Gasteiger partial charge in [-0.3, -0.25) is 0 Å². The summed E-state index contributed by atoms with van der Waals surface area (Å²) in [6.45, 7) is 1.78. The molecule has 0 spiro atoms. The molecule has 0 unspecified atom stereocenters. The molecule has 1 aromatic carbocycles. The van der Waals surface area contributed by atoms with E-state index < -0.39 is 5.97 Å². The molecule has 0 radical (unpaired) electrons. The van der Waals surface area contributed by atoms with Crippen LogP contribution < -0.4 is 4.74 Å². The molecule has 0 amide bonds. The summed E-state index contributed by atoms with van der Waals surface area (Å²) in [5.41, 5.74) is 1.79. The zero-order valence-electron chi connectivity index (χ0n) is 9.68. The largest absolute Gasteiger partial charge is 0.497 e. The number of hydrogen-bond acceptors (Lipinski definition) is 2. The second-order valence-corrected chi connectivity index (χ2v) is 3.72. The van der Waals surface area contributed by atoms with Crippen molar-refractivity contribution in [2.24, 2.45) is 0 Å². The lowest BCUT2D eigenvalue weighted by molar-refractivity contribution is 0.0687. The lowest BCUT2D eigenvalue weighted by Crippen LogP contribution is -2.07. The van der Waals surface area contributed by atoms with Crippen LogP contribution in [0.3, 0.4) is 0 Å². The van der Waals surface area contributed by atoms with Crippen LogP contribution in [0.4, 0.5) is 0 Å². The highest BCUT2D eigenvalue weighted by atomic mass is 16.5. The van der Waals surface area contributed by atoms with E-state index in [1.165, 1.54) is 0 Å². The predicted octanol–water partition coefficient (Wildman–Crippen LogP) is 2.49. The molecule has 1 heterocycles. The van der Waals surface area contributed by atoms with E-state index in [9.17, 15) is 9.90 Å². The maximum Gasteiger partial charge on any atom is 0.353 e. The number of carboxylic acid groups (broad SMARTS) is 1. The number of carboxylic acids is 1. The van der Waals surface area contributed by atoms with Crippen LogP contribution in [-0.4, -0.2) is 22.8 Å². The maximum atomic E-state index is 11.2. The summed E-state index contributed by atoms with van der Waals surface area (Å²) in [5.74, 6) is -0.236. The Labute approximate surface area is 99.1 Å². The fourth-order valence-corrected chi connectivity index (χ4v) is 1.78. The van der Waals surface area contributed by atoms with Crippen LogP contribution in [0, 0.1) is 6.92 Å². The van der Waals surface area contributed by atoms with Gasteiger partial charge in [0.2, 0.25) is 0 Å². The van der Waals surface area contributed by atoms with E-state index in [2.05, 4.69) is 0 Å². The molecule has 17 heavy (non-hydrogen) atoms. The lowest BCUT2D eigenvalue weighted by atomic mass is 10.2. The van der Waals surface area contributed by atoms with Crippen LogP contribution in [0.25, 0.3) is 5.69 Å². The number of carbonyl (C=O) groups is 1. The Balaban J connectivity index is 2.56. The van der Waals surface area contributed by atoms with Gasteiger partial charge in [0.15, 0.2) is 0 Å². The number of aromatic carboxylic acids is 1. The van der Waals surface area contributed by atoms with Crippen LogP contribution >= 0.6 is 0 Å². The highest BCUT2D eigenvalue weighted by Gasteiger charge is 2.14. The summed E-state index contributed by atoms with van der Waals surface area (Å²) >= 11 is 0. The zero-order chi connectivity index (χ0) is 12.4. The second kappa shape index (κ2) is 4.33. The van der Waals surface area contributed by atoms with Crippen molar-refractivity contribution in [3.05, 3.63) is 47.8 Å². The molecular weight excluding hydrogens is 218 g/mol. The van der Waals surface area contributed by atoms with Crippen molar-refractivity contribution in [3.63, 3.8) is 0 Å². The van der Waals surface area contributed by atoms with E-state index in [0.717, 1.165) is 11.3 Å². The third-order valence-corrected chi connectivity index (χ3v) is 2.62. The Bertz CT molecular complexity index is 558. The molecule has 0 fully saturated rings. The number of rotatable bonds is 3. The predicted molar refractivity (Wildman–Crippen MR) is 64.0 cm³/mol. The number of nitrogens with zero attached hydrogens (tertiary/aromatic N) is 1. The fourth-order valence-electron chi connectivity index (χ4n) is 1.78. The van der Waals surface area contributed by atoms with E-state index in [-0.39, 0.29) is 5.69 Å². The highest BCUT2D eigenvalue weighted by Crippen LogP contribution is 2.20. The minimum atomic E-state index is -0.935. The summed E-state index contributed by atoms with van der Waals surface area (Å²) in [6.07, 6.45) is 1.74. The molecule has 0 saturated heterocycles. The summed E-state index contributed by atoms with van der Waals surface area (Å²) in [5, 5.41) is 9.17. The molecule has 0 saturated carbocycles. The molecule has 4 nitrogen and oxygen atoms in total. The third kappa shape index (κ3) is 2.01. The summed E-state index contributed by atoms with van der Waals surface area (Å²) < 4.78 is 6.76. The average Bonchev–Trinajstić information content (AvgIpc) is 2.71. The zero-order valence-corrected chi connectivity index (χ0v) is 9.68. The minimum Gasteiger partial charge on any atom is -0.497 e. The minimum absolute atomic E-state index is 0.276. The van der Waals surface area contributed by atoms with Gasteiger partial charge in [-0.25, -0.2) is 4.79 Å². The molecule has 2 rings (SSSR count). The Kier molecular flexibility index (Phi) is 2.87. The second-order valence-electron chi connectivity index (χ2n) is 3.72. The van der Waals surface area contributed by atoms with Crippen molar-refractivity contribution >= 4 is 5.97 Å². The van der Waals surface area contributed by atoms with Crippen molar-refractivity contribution in [2.75, 3.05) is 7.11 Å². The van der Waals surface area contributed by atoms with Gasteiger partial charge in [-0.05, 0) is 30.7 Å². The first-order valence-corrected chi connectivity index (χ1v) is 5.19. The van der Waals surface area contributed by atoms with E-state index in [1.807, 2.05) is 18.2 Å². The summed E-state index contributed by atoms with van der Waals surface area (Å²) in [4.78, 5) is 11.2. The first kappa shape index (κ1) is 11.3. The Morgan fingerprint density at radius 2 is 2.12 bits per heavy atom. The molecule has 1 N–H and O–H groups in total. The normalized spacial score (nSPS) is 10.2. The number of ether oxygens (including phenoxy) is 1. The number of benzene rings is 1. The van der Waals surface area contributed by atoms with Crippen molar-refractivity contribution in [3.8, 4) is 11.4 Å². The molecule has 0 aliphatic carbocycles. The molecule has 88 valence electrons. The monoisotopic (exact) mass is 231 g/mol. The number of aryl methyl sites for hydroxylation is 1. The third-order valence-electron chi connectivity index (χ3n) is 2.62. The van der Waals surface area contributed by atoms with Gasteiger partial charge in [0.1, 0.15) is 11.4 Å². The van der Waals surface area contributed by atoms with Gasteiger partial charge in [0.05, 0.1) is 7.11 Å². The van der Waals surface area contributed by atoms with Crippen LogP contribution in [0.1, 0.15) is 16.1 Å². The van der Waals surface area contributed by atoms with Crippen molar-refractivity contribution in [1.29, 1.82) is 0 Å². The van der Waals surface area contributed by atoms with Gasteiger partial charge in [0, 0.05) is 18.0 Å². The van der Waals surface area contributed by atoms with E-state index in [1.54, 1.807) is 36.9 Å². The first-order chi connectivity index (χ1) is 8.13. The molecule has 0 atom stereocenters. The quantitative estimate of drug-likeness (QED) is 0.882. The van der Waals surface area contributed by atoms with Gasteiger partial charge in [0.25, 0.3) is 0 Å². The van der Waals surface area contributed by atoms with E-state index in [4.69, 9.17) is 4.74 Å². The van der Waals surface area contributed by atoms with Crippen LogP contribution in [0.2, 0.25) is 0 Å². The van der Waals surface area contributed by atoms with Gasteiger partial charge in [-0.15, -0.1) is 0 Å². The molecule has 1 aromatic heterocycles. The molecular formula is C13H13NO3. The molecule has 0 aliphatic rings. The first-order valence-electron chi connectivity index (χ1n) is 5.19. The lowest BCUT2D eigenvalue weighted by Gasteiger charge is -2.08. The average molecular weight is 231 g/mol. The van der Waals surface area contributed by atoms with Gasteiger partial charge >= 0.3 is 5.97 Å². The smallest absolute Gasteiger partial charge is 0.353 e. The SMILES string of the molecule is COc1cccc(-n2ccc(C)c2C(=O)O)c1. The van der Waals surface area contributed by atoms with Crippen LogP contribution in [0.15, 0.2) is 36.5 Å². The maximum absolute atomic E-state index is 11.2. The highest BCUT2D eigenvalue weighted by molar-refractivity contribution is 5.88. The molecule has 2 aromatic rings. The molecule has 4 heteroatoms. The molecule has 0 bridgehead atoms. The Morgan fingerprint density at radius 1 is 1.35 bits per heavy atom. The van der Waals surface area contributed by atoms with Gasteiger partial charge in [-0.1, -0.05) is 6.07 Å².